The second-order valence-corrected chi connectivity index (χ2v) is 7.62. The van der Waals surface area contributed by atoms with Crippen molar-refractivity contribution >= 4 is 48.1 Å². The highest BCUT2D eigenvalue weighted by atomic mass is 35.5. The number of H-pyrrole nitrogens is 1. The number of aromatic amines is 1. The van der Waals surface area contributed by atoms with Gasteiger partial charge in [-0.3, -0.25) is 14.7 Å². The van der Waals surface area contributed by atoms with Gasteiger partial charge in [0, 0.05) is 62.4 Å². The minimum atomic E-state index is -0.00943. The zero-order valence-corrected chi connectivity index (χ0v) is 21.4. The van der Waals surface area contributed by atoms with Crippen molar-refractivity contribution in [2.75, 3.05) is 19.7 Å². The highest BCUT2D eigenvalue weighted by molar-refractivity contribution is 5.86. The van der Waals surface area contributed by atoms with Gasteiger partial charge in [0.25, 0.3) is 5.56 Å². The summed E-state index contributed by atoms with van der Waals surface area (Å²) in [4.78, 5) is 25.7. The lowest BCUT2D eigenvalue weighted by molar-refractivity contribution is 0.228. The van der Waals surface area contributed by atoms with E-state index in [4.69, 9.17) is 4.74 Å². The Labute approximate surface area is 217 Å². The lowest BCUT2D eigenvalue weighted by atomic mass is 10.2. The molecule has 0 fully saturated rings. The van der Waals surface area contributed by atoms with Crippen LogP contribution in [0, 0.1) is 0 Å². The molecule has 0 radical (unpaired) electrons. The molecule has 0 unspecified atom stereocenters. The van der Waals surface area contributed by atoms with Gasteiger partial charge in [-0.25, -0.2) is 4.98 Å². The number of hydrogen-bond acceptors (Lipinski definition) is 5. The van der Waals surface area contributed by atoms with Crippen LogP contribution in [0.25, 0.3) is 10.9 Å². The van der Waals surface area contributed by atoms with E-state index in [1.54, 1.807) is 30.2 Å². The second-order valence-electron chi connectivity index (χ2n) is 7.62. The van der Waals surface area contributed by atoms with E-state index in [1.807, 2.05) is 42.7 Å². The molecule has 7 nitrogen and oxygen atoms in total. The fraction of sp³-hybridized carbons (Fsp3) is 0.292. The molecule has 0 amide bonds. The van der Waals surface area contributed by atoms with Crippen LogP contribution in [0.5, 0.6) is 5.75 Å². The van der Waals surface area contributed by atoms with Gasteiger partial charge < -0.3 is 14.3 Å². The summed E-state index contributed by atoms with van der Waals surface area (Å²) >= 11 is 0. The topological polar surface area (TPSA) is 76.0 Å². The highest BCUT2D eigenvalue weighted by Gasteiger charge is 2.08. The third-order valence-electron chi connectivity index (χ3n) is 5.37. The van der Waals surface area contributed by atoms with E-state index in [0.29, 0.717) is 6.61 Å². The van der Waals surface area contributed by atoms with Gasteiger partial charge in [-0.1, -0.05) is 6.07 Å². The Bertz CT molecular complexity index is 1170. The van der Waals surface area contributed by atoms with E-state index in [2.05, 4.69) is 25.9 Å². The molecule has 10 heteroatoms. The molecule has 4 aromatic rings. The number of ether oxygens (including phenoxy) is 1. The zero-order valence-electron chi connectivity index (χ0n) is 18.9. The van der Waals surface area contributed by atoms with E-state index in [9.17, 15) is 4.79 Å². The van der Waals surface area contributed by atoms with E-state index in [0.717, 1.165) is 54.8 Å². The van der Waals surface area contributed by atoms with Crippen molar-refractivity contribution in [1.29, 1.82) is 0 Å². The Kier molecular flexibility index (Phi) is 12.7. The molecular formula is C24H30Cl3N5O2. The fourth-order valence-corrected chi connectivity index (χ4v) is 3.65. The number of nitrogens with one attached hydrogen (secondary N) is 1. The van der Waals surface area contributed by atoms with Crippen molar-refractivity contribution < 1.29 is 4.74 Å². The SMILES string of the molecule is Cl.Cl.Cl.Cn1c(=O)ccc2cc(OCCCN(CCc3cccnc3)Cc3cnc[nH]3)ccc21. The quantitative estimate of drug-likeness (QED) is 0.309. The average molecular weight is 527 g/mol. The Morgan fingerprint density at radius 3 is 2.62 bits per heavy atom. The van der Waals surface area contributed by atoms with Crippen molar-refractivity contribution in [3.8, 4) is 5.75 Å². The summed E-state index contributed by atoms with van der Waals surface area (Å²) in [5.74, 6) is 0.821. The van der Waals surface area contributed by atoms with Crippen molar-refractivity contribution in [1.82, 2.24) is 24.4 Å². The van der Waals surface area contributed by atoms with Crippen LogP contribution in [0.3, 0.4) is 0 Å². The molecular weight excluding hydrogens is 497 g/mol. The standard InChI is InChI=1S/C24H27N5O2.3ClH/c1-28-23-7-6-22(14-20(23)5-8-24(28)30)31-13-3-11-29(17-21-16-26-18-27-21)12-9-19-4-2-10-25-15-19;;;/h2,4-8,10,14-16,18H,3,9,11-13,17H2,1H3,(H,26,27);3*1H. The molecule has 0 aliphatic rings. The largest absolute Gasteiger partial charge is 0.494 e. The number of hydrogen-bond donors (Lipinski definition) is 1. The number of pyridine rings is 2. The summed E-state index contributed by atoms with van der Waals surface area (Å²) in [5.41, 5.74) is 3.23. The van der Waals surface area contributed by atoms with Gasteiger partial charge >= 0.3 is 0 Å². The van der Waals surface area contributed by atoms with Gasteiger partial charge in [0.1, 0.15) is 5.75 Å². The smallest absolute Gasteiger partial charge is 0.250 e. The molecule has 34 heavy (non-hydrogen) atoms. The van der Waals surface area contributed by atoms with Crippen LogP contribution in [0.2, 0.25) is 0 Å². The average Bonchev–Trinajstić information content (AvgIpc) is 3.31. The Hall–Kier alpha value is -2.58. The van der Waals surface area contributed by atoms with Crippen LogP contribution in [-0.2, 0) is 20.0 Å². The van der Waals surface area contributed by atoms with Crippen LogP contribution < -0.4 is 10.3 Å². The van der Waals surface area contributed by atoms with Crippen LogP contribution in [0.4, 0.5) is 0 Å². The highest BCUT2D eigenvalue weighted by Crippen LogP contribution is 2.19. The fourth-order valence-electron chi connectivity index (χ4n) is 3.65. The third kappa shape index (κ3) is 8.02. The number of fused-ring (bicyclic) bond motifs is 1. The summed E-state index contributed by atoms with van der Waals surface area (Å²) in [7, 11) is 1.78. The third-order valence-corrected chi connectivity index (χ3v) is 5.37. The number of nitrogens with zero attached hydrogens (tertiary/aromatic N) is 4. The lowest BCUT2D eigenvalue weighted by Crippen LogP contribution is -2.28. The minimum absolute atomic E-state index is 0. The molecule has 1 N–H and O–H groups in total. The number of imidazole rings is 1. The Morgan fingerprint density at radius 2 is 1.88 bits per heavy atom. The molecule has 0 atom stereocenters. The van der Waals surface area contributed by atoms with Crippen molar-refractivity contribution in [3.05, 3.63) is 89.0 Å². The molecule has 1 aromatic carbocycles. The maximum atomic E-state index is 11.8. The first-order chi connectivity index (χ1) is 15.2. The summed E-state index contributed by atoms with van der Waals surface area (Å²) < 4.78 is 7.64. The number of benzene rings is 1. The summed E-state index contributed by atoms with van der Waals surface area (Å²) in [6.07, 6.45) is 9.17. The predicted molar refractivity (Wildman–Crippen MR) is 143 cm³/mol. The maximum Gasteiger partial charge on any atom is 0.250 e. The van der Waals surface area contributed by atoms with Crippen LogP contribution in [0.1, 0.15) is 17.7 Å². The predicted octanol–water partition coefficient (Wildman–Crippen LogP) is 4.44. The minimum Gasteiger partial charge on any atom is -0.494 e. The molecule has 0 saturated heterocycles. The first kappa shape index (κ1) is 29.5. The number of aryl methyl sites for hydroxylation is 1. The number of halogens is 3. The van der Waals surface area contributed by atoms with Gasteiger partial charge in [-0.05, 0) is 48.7 Å². The lowest BCUT2D eigenvalue weighted by Gasteiger charge is -2.21. The van der Waals surface area contributed by atoms with E-state index >= 15 is 0 Å². The summed E-state index contributed by atoms with van der Waals surface area (Å²) in [5, 5.41) is 0.997. The molecule has 184 valence electrons. The monoisotopic (exact) mass is 525 g/mol. The Morgan fingerprint density at radius 1 is 1.03 bits per heavy atom. The second kappa shape index (κ2) is 14.6. The maximum absolute atomic E-state index is 11.8. The molecule has 0 aliphatic carbocycles. The molecule has 0 saturated carbocycles. The van der Waals surface area contributed by atoms with Gasteiger partial charge in [0.2, 0.25) is 0 Å². The molecule has 0 aliphatic heterocycles. The molecule has 3 aromatic heterocycles. The molecule has 0 bridgehead atoms. The van der Waals surface area contributed by atoms with Gasteiger partial charge in [0.05, 0.1) is 18.5 Å². The van der Waals surface area contributed by atoms with Gasteiger partial charge in [-0.2, -0.15) is 0 Å². The first-order valence-electron chi connectivity index (χ1n) is 10.5. The zero-order chi connectivity index (χ0) is 21.5. The normalized spacial score (nSPS) is 10.3. The number of rotatable bonds is 10. The first-order valence-corrected chi connectivity index (χ1v) is 10.5. The van der Waals surface area contributed by atoms with Crippen LogP contribution >= 0.6 is 37.2 Å². The van der Waals surface area contributed by atoms with Crippen molar-refractivity contribution in [2.45, 2.75) is 19.4 Å². The number of aromatic nitrogens is 4. The van der Waals surface area contributed by atoms with Crippen LogP contribution in [0.15, 0.2) is 72.2 Å². The van der Waals surface area contributed by atoms with Crippen LogP contribution in [-0.4, -0.2) is 44.1 Å². The molecule has 0 spiro atoms. The molecule has 3 heterocycles. The molecule has 4 rings (SSSR count). The van der Waals surface area contributed by atoms with E-state index in [-0.39, 0.29) is 42.8 Å². The summed E-state index contributed by atoms with van der Waals surface area (Å²) in [6.45, 7) is 3.31. The van der Waals surface area contributed by atoms with E-state index in [1.165, 1.54) is 5.56 Å². The van der Waals surface area contributed by atoms with Gasteiger partial charge in [0.15, 0.2) is 0 Å². The van der Waals surface area contributed by atoms with Gasteiger partial charge in [-0.15, -0.1) is 37.2 Å². The Balaban J connectivity index is 0.00000193. The van der Waals surface area contributed by atoms with Crippen molar-refractivity contribution in [2.24, 2.45) is 7.05 Å². The summed E-state index contributed by atoms with van der Waals surface area (Å²) in [6, 6.07) is 13.4. The van der Waals surface area contributed by atoms with Crippen molar-refractivity contribution in [3.63, 3.8) is 0 Å². The van der Waals surface area contributed by atoms with E-state index < -0.39 is 0 Å².